The fourth-order valence-electron chi connectivity index (χ4n) is 1.37. The highest BCUT2D eigenvalue weighted by Gasteiger charge is 2.01. The summed E-state index contributed by atoms with van der Waals surface area (Å²) in [6.07, 6.45) is 5.02. The molecule has 0 saturated carbocycles. The number of nitrogens with zero attached hydrogens (tertiary/aromatic N) is 3. The highest BCUT2D eigenvalue weighted by atomic mass is 79.9. The first-order valence-electron chi connectivity index (χ1n) is 5.04. The minimum absolute atomic E-state index is 0.0623. The van der Waals surface area contributed by atoms with E-state index < -0.39 is 0 Å². The molecule has 5 nitrogen and oxygen atoms in total. The Bertz CT molecular complexity index is 564. The molecule has 0 atom stereocenters. The maximum absolute atomic E-state index is 11.6. The third-order valence-corrected chi connectivity index (χ3v) is 2.71. The van der Waals surface area contributed by atoms with Crippen LogP contribution in [0.1, 0.15) is 5.69 Å². The third kappa shape index (κ3) is 2.91. The monoisotopic (exact) mass is 294 g/mol. The molecule has 2 aromatic rings. The molecule has 0 amide bonds. The van der Waals surface area contributed by atoms with E-state index in [1.54, 1.807) is 36.3 Å². The van der Waals surface area contributed by atoms with Gasteiger partial charge in [0.1, 0.15) is 5.82 Å². The zero-order valence-electron chi connectivity index (χ0n) is 9.22. The van der Waals surface area contributed by atoms with E-state index in [9.17, 15) is 4.79 Å². The van der Waals surface area contributed by atoms with E-state index in [1.807, 2.05) is 0 Å². The Hall–Kier alpha value is -1.69. The van der Waals surface area contributed by atoms with Crippen LogP contribution >= 0.6 is 15.9 Å². The second-order valence-electron chi connectivity index (χ2n) is 3.46. The van der Waals surface area contributed by atoms with Crippen LogP contribution in [0.5, 0.6) is 0 Å². The van der Waals surface area contributed by atoms with Gasteiger partial charge in [-0.25, -0.2) is 4.98 Å². The van der Waals surface area contributed by atoms with Crippen LogP contribution in [0.15, 0.2) is 40.0 Å². The molecule has 0 unspecified atom stereocenters. The Labute approximate surface area is 107 Å². The standard InChI is InChI=1S/C11H11BrN4O/c1-13-10-5-14-9(4-15-10)7-16-6-8(12)2-3-11(16)17/h2-6H,7H2,1H3,(H,13,15). The van der Waals surface area contributed by atoms with Crippen molar-refractivity contribution < 1.29 is 0 Å². The molecular weight excluding hydrogens is 284 g/mol. The number of aromatic nitrogens is 3. The Balaban J connectivity index is 2.25. The average molecular weight is 295 g/mol. The minimum Gasteiger partial charge on any atom is -0.372 e. The maximum atomic E-state index is 11.6. The van der Waals surface area contributed by atoms with Crippen molar-refractivity contribution in [2.75, 3.05) is 12.4 Å². The summed E-state index contributed by atoms with van der Waals surface area (Å²) in [7, 11) is 1.78. The Morgan fingerprint density at radius 3 is 2.82 bits per heavy atom. The highest BCUT2D eigenvalue weighted by Crippen LogP contribution is 2.06. The topological polar surface area (TPSA) is 59.8 Å². The van der Waals surface area contributed by atoms with Gasteiger partial charge in [0, 0.05) is 23.8 Å². The van der Waals surface area contributed by atoms with Gasteiger partial charge in [-0.2, -0.15) is 0 Å². The number of rotatable bonds is 3. The van der Waals surface area contributed by atoms with E-state index in [0.717, 1.165) is 10.2 Å². The predicted octanol–water partition coefficient (Wildman–Crippen LogP) is 1.49. The lowest BCUT2D eigenvalue weighted by Crippen LogP contribution is -2.19. The molecule has 0 fully saturated rings. The molecule has 2 rings (SSSR count). The van der Waals surface area contributed by atoms with Gasteiger partial charge in [-0.1, -0.05) is 0 Å². The first kappa shape index (κ1) is 11.8. The highest BCUT2D eigenvalue weighted by molar-refractivity contribution is 9.10. The number of hydrogen-bond donors (Lipinski definition) is 1. The molecule has 0 spiro atoms. The zero-order valence-corrected chi connectivity index (χ0v) is 10.8. The molecule has 0 radical (unpaired) electrons. The van der Waals surface area contributed by atoms with E-state index in [2.05, 4.69) is 31.2 Å². The van der Waals surface area contributed by atoms with E-state index in [-0.39, 0.29) is 5.56 Å². The van der Waals surface area contributed by atoms with Crippen molar-refractivity contribution >= 4 is 21.7 Å². The van der Waals surface area contributed by atoms with E-state index in [0.29, 0.717) is 12.4 Å². The predicted molar refractivity (Wildman–Crippen MR) is 69.1 cm³/mol. The number of halogens is 1. The molecule has 0 aliphatic carbocycles. The number of anilines is 1. The molecule has 0 saturated heterocycles. The van der Waals surface area contributed by atoms with Gasteiger partial charge in [0.15, 0.2) is 0 Å². The van der Waals surface area contributed by atoms with Crippen molar-refractivity contribution in [3.8, 4) is 0 Å². The molecular formula is C11H11BrN4O. The van der Waals surface area contributed by atoms with Crippen molar-refractivity contribution in [1.82, 2.24) is 14.5 Å². The molecule has 88 valence electrons. The van der Waals surface area contributed by atoms with Crippen LogP contribution in [0.4, 0.5) is 5.82 Å². The first-order valence-corrected chi connectivity index (χ1v) is 5.83. The molecule has 2 aromatic heterocycles. The summed E-state index contributed by atoms with van der Waals surface area (Å²) in [6.45, 7) is 0.412. The van der Waals surface area contributed by atoms with Crippen LogP contribution in [0.25, 0.3) is 0 Å². The van der Waals surface area contributed by atoms with Crippen LogP contribution < -0.4 is 10.9 Å². The zero-order chi connectivity index (χ0) is 12.3. The number of hydrogen-bond acceptors (Lipinski definition) is 4. The molecule has 0 aliphatic heterocycles. The summed E-state index contributed by atoms with van der Waals surface area (Å²) in [5, 5.41) is 2.89. The van der Waals surface area contributed by atoms with E-state index >= 15 is 0 Å². The molecule has 0 aliphatic rings. The van der Waals surface area contributed by atoms with E-state index in [1.165, 1.54) is 6.07 Å². The van der Waals surface area contributed by atoms with E-state index in [4.69, 9.17) is 0 Å². The third-order valence-electron chi connectivity index (χ3n) is 2.24. The Morgan fingerprint density at radius 1 is 1.35 bits per heavy atom. The summed E-state index contributed by atoms with van der Waals surface area (Å²) in [4.78, 5) is 19.9. The van der Waals surface area contributed by atoms with Gasteiger partial charge >= 0.3 is 0 Å². The summed E-state index contributed by atoms with van der Waals surface area (Å²) >= 11 is 3.33. The van der Waals surface area contributed by atoms with Gasteiger partial charge in [-0.05, 0) is 22.0 Å². The summed E-state index contributed by atoms with van der Waals surface area (Å²) < 4.78 is 2.43. The van der Waals surface area contributed by atoms with Crippen molar-refractivity contribution in [1.29, 1.82) is 0 Å². The molecule has 1 N–H and O–H groups in total. The lowest BCUT2D eigenvalue weighted by Gasteiger charge is -2.05. The van der Waals surface area contributed by atoms with Gasteiger partial charge in [-0.3, -0.25) is 9.78 Å². The van der Waals surface area contributed by atoms with Gasteiger partial charge in [0.2, 0.25) is 0 Å². The normalized spacial score (nSPS) is 10.2. The summed E-state index contributed by atoms with van der Waals surface area (Å²) in [5.41, 5.74) is 0.678. The molecule has 0 bridgehead atoms. The van der Waals surface area contributed by atoms with Gasteiger partial charge < -0.3 is 9.88 Å². The lowest BCUT2D eigenvalue weighted by atomic mass is 10.4. The summed E-state index contributed by atoms with van der Waals surface area (Å²) in [6, 6.07) is 3.23. The Morgan fingerprint density at radius 2 is 2.18 bits per heavy atom. The van der Waals surface area contributed by atoms with Gasteiger partial charge in [-0.15, -0.1) is 0 Å². The SMILES string of the molecule is CNc1cnc(Cn2cc(Br)ccc2=O)cn1. The fraction of sp³-hybridized carbons (Fsp3) is 0.182. The van der Waals surface area contributed by atoms with Crippen LogP contribution in [-0.4, -0.2) is 21.6 Å². The quantitative estimate of drug-likeness (QED) is 0.932. The molecule has 6 heteroatoms. The van der Waals surface area contributed by atoms with Gasteiger partial charge in [0.25, 0.3) is 5.56 Å². The van der Waals surface area contributed by atoms with Crippen LogP contribution in [0.2, 0.25) is 0 Å². The second-order valence-corrected chi connectivity index (χ2v) is 4.37. The van der Waals surface area contributed by atoms with Crippen LogP contribution in [-0.2, 0) is 6.54 Å². The van der Waals surface area contributed by atoms with Crippen LogP contribution in [0, 0.1) is 0 Å². The van der Waals surface area contributed by atoms with Crippen molar-refractivity contribution in [3.05, 3.63) is 51.2 Å². The van der Waals surface area contributed by atoms with Gasteiger partial charge in [0.05, 0.1) is 24.6 Å². The maximum Gasteiger partial charge on any atom is 0.250 e. The first-order chi connectivity index (χ1) is 8.19. The molecule has 2 heterocycles. The smallest absolute Gasteiger partial charge is 0.250 e. The van der Waals surface area contributed by atoms with Crippen molar-refractivity contribution in [3.63, 3.8) is 0 Å². The minimum atomic E-state index is -0.0623. The average Bonchev–Trinajstić information content (AvgIpc) is 2.35. The molecule has 0 aromatic carbocycles. The largest absolute Gasteiger partial charge is 0.372 e. The fourth-order valence-corrected chi connectivity index (χ4v) is 1.75. The number of pyridine rings is 1. The van der Waals surface area contributed by atoms with Crippen LogP contribution in [0.3, 0.4) is 0 Å². The number of nitrogens with one attached hydrogen (secondary N) is 1. The Kier molecular flexibility index (Phi) is 3.53. The summed E-state index contributed by atoms with van der Waals surface area (Å²) in [5.74, 6) is 0.704. The van der Waals surface area contributed by atoms with Crippen molar-refractivity contribution in [2.45, 2.75) is 6.54 Å². The van der Waals surface area contributed by atoms with Crippen molar-refractivity contribution in [2.24, 2.45) is 0 Å². The second kappa shape index (κ2) is 5.09. The molecule has 17 heavy (non-hydrogen) atoms. The lowest BCUT2D eigenvalue weighted by molar-refractivity contribution is 0.732.